The van der Waals surface area contributed by atoms with Gasteiger partial charge in [-0.05, 0) is 0 Å². The molecule has 0 atom stereocenters. The molecule has 0 aliphatic carbocycles. The summed E-state index contributed by atoms with van der Waals surface area (Å²) in [6.45, 7) is 5.20. The molecule has 0 aromatic rings. The highest BCUT2D eigenvalue weighted by atomic mass is 32.1. The maximum atomic E-state index is 10.6. The monoisotopic (exact) mass is 163 g/mol. The summed E-state index contributed by atoms with van der Waals surface area (Å²) < 4.78 is 0. The van der Waals surface area contributed by atoms with E-state index in [9.17, 15) is 4.79 Å². The van der Waals surface area contributed by atoms with Crippen molar-refractivity contribution in [2.75, 3.05) is 13.1 Å². The lowest BCUT2D eigenvalue weighted by Gasteiger charge is -2.19. The summed E-state index contributed by atoms with van der Waals surface area (Å²) in [5.41, 5.74) is 5.56. The van der Waals surface area contributed by atoms with Crippen LogP contribution in [0.2, 0.25) is 0 Å². The van der Waals surface area contributed by atoms with Gasteiger partial charge in [0.15, 0.2) is 0 Å². The topological polar surface area (TPSA) is 44.4 Å². The Labute approximate surface area is 66.3 Å². The lowest BCUT2D eigenvalue weighted by Crippen LogP contribution is -2.49. The van der Waals surface area contributed by atoms with Crippen molar-refractivity contribution in [1.82, 2.24) is 16.0 Å². The van der Waals surface area contributed by atoms with E-state index < -0.39 is 0 Å². The Morgan fingerprint density at radius 3 is 2.00 bits per heavy atom. The normalized spacial score (nSPS) is 9.50. The van der Waals surface area contributed by atoms with E-state index >= 15 is 0 Å². The van der Waals surface area contributed by atoms with Crippen LogP contribution in [0.5, 0.6) is 0 Å². The number of hydrogen-bond donors (Lipinski definition) is 3. The van der Waals surface area contributed by atoms with Crippen LogP contribution >= 0.6 is 12.6 Å². The molecule has 0 aliphatic heterocycles. The van der Waals surface area contributed by atoms with Crippen molar-refractivity contribution in [2.45, 2.75) is 13.8 Å². The minimum atomic E-state index is -0.330. The third kappa shape index (κ3) is 3.71. The molecule has 0 aromatic carbocycles. The highest BCUT2D eigenvalue weighted by Crippen LogP contribution is 1.85. The fraction of sp³-hybridized carbons (Fsp3) is 0.800. The molecule has 0 fully saturated rings. The van der Waals surface area contributed by atoms with E-state index in [1.54, 1.807) is 0 Å². The summed E-state index contributed by atoms with van der Waals surface area (Å²) in [5.74, 6) is 0. The Morgan fingerprint density at radius 1 is 1.40 bits per heavy atom. The first-order chi connectivity index (χ1) is 4.72. The van der Waals surface area contributed by atoms with Crippen molar-refractivity contribution in [3.05, 3.63) is 0 Å². The van der Waals surface area contributed by atoms with Crippen LogP contribution in [0.4, 0.5) is 4.79 Å². The van der Waals surface area contributed by atoms with Crippen molar-refractivity contribution in [3.8, 4) is 0 Å². The van der Waals surface area contributed by atoms with Crippen molar-refractivity contribution in [1.29, 1.82) is 0 Å². The molecule has 0 aromatic heterocycles. The van der Waals surface area contributed by atoms with Crippen LogP contribution in [0.1, 0.15) is 13.8 Å². The van der Waals surface area contributed by atoms with Crippen LogP contribution in [-0.2, 0) is 0 Å². The molecule has 0 saturated carbocycles. The summed E-state index contributed by atoms with van der Waals surface area (Å²) in [6.07, 6.45) is 0. The number of hydrazine groups is 2. The highest BCUT2D eigenvalue weighted by Gasteiger charge is 2.03. The van der Waals surface area contributed by atoms with Gasteiger partial charge in [-0.2, -0.15) is 5.12 Å². The van der Waals surface area contributed by atoms with Crippen molar-refractivity contribution < 1.29 is 4.79 Å². The molecule has 60 valence electrons. The van der Waals surface area contributed by atoms with E-state index in [0.29, 0.717) is 13.1 Å². The average Bonchev–Trinajstić information content (AvgIpc) is 1.87. The van der Waals surface area contributed by atoms with E-state index in [4.69, 9.17) is 0 Å². The van der Waals surface area contributed by atoms with Gasteiger partial charge in [0.1, 0.15) is 0 Å². The molecule has 0 heterocycles. The maximum absolute atomic E-state index is 10.6. The van der Waals surface area contributed by atoms with E-state index in [2.05, 4.69) is 23.5 Å². The predicted octanol–water partition coefficient (Wildman–Crippen LogP) is 0.387. The lowest BCUT2D eigenvalue weighted by molar-refractivity contribution is 0.159. The van der Waals surface area contributed by atoms with Crippen LogP contribution in [0.15, 0.2) is 0 Å². The molecule has 5 heteroatoms. The van der Waals surface area contributed by atoms with Gasteiger partial charge in [0.2, 0.25) is 0 Å². The Balaban J connectivity index is 3.61. The standard InChI is InChI=1S/C5H13N3OS/c1-3-6-8(5(9)10)7-4-2/h6-7H,3-4H2,1-2H3,(H,9,10). The van der Waals surface area contributed by atoms with Crippen LogP contribution in [0.3, 0.4) is 0 Å². The molecule has 4 nitrogen and oxygen atoms in total. The van der Waals surface area contributed by atoms with Crippen LogP contribution in [-0.4, -0.2) is 23.4 Å². The number of carbonyl (C=O) groups is 1. The molecule has 0 radical (unpaired) electrons. The van der Waals surface area contributed by atoms with Gasteiger partial charge in [-0.3, -0.25) is 4.79 Å². The Bertz CT molecular complexity index is 103. The van der Waals surface area contributed by atoms with Gasteiger partial charge in [0.05, 0.1) is 0 Å². The first-order valence-electron chi connectivity index (χ1n) is 3.22. The van der Waals surface area contributed by atoms with Crippen LogP contribution in [0.25, 0.3) is 0 Å². The minimum Gasteiger partial charge on any atom is -0.259 e. The molecule has 2 N–H and O–H groups in total. The van der Waals surface area contributed by atoms with Crippen LogP contribution < -0.4 is 10.9 Å². The Kier molecular flexibility index (Phi) is 5.38. The number of thiol groups is 1. The summed E-state index contributed by atoms with van der Waals surface area (Å²) >= 11 is 3.62. The summed E-state index contributed by atoms with van der Waals surface area (Å²) in [4.78, 5) is 10.6. The quantitative estimate of drug-likeness (QED) is 0.415. The van der Waals surface area contributed by atoms with Gasteiger partial charge in [-0.25, -0.2) is 10.9 Å². The van der Waals surface area contributed by atoms with E-state index in [1.165, 1.54) is 5.12 Å². The van der Waals surface area contributed by atoms with Gasteiger partial charge in [-0.15, -0.1) is 0 Å². The molecule has 10 heavy (non-hydrogen) atoms. The molecule has 0 rings (SSSR count). The number of nitrogens with one attached hydrogen (secondary N) is 2. The second-order valence-electron chi connectivity index (χ2n) is 1.64. The van der Waals surface area contributed by atoms with Crippen molar-refractivity contribution in [3.63, 3.8) is 0 Å². The van der Waals surface area contributed by atoms with Crippen LogP contribution in [0, 0.1) is 0 Å². The fourth-order valence-electron chi connectivity index (χ4n) is 0.507. The average molecular weight is 163 g/mol. The minimum absolute atomic E-state index is 0.330. The number of carbonyl (C=O) groups excluding carboxylic acids is 1. The van der Waals surface area contributed by atoms with Crippen molar-refractivity contribution in [2.24, 2.45) is 0 Å². The highest BCUT2D eigenvalue weighted by molar-refractivity contribution is 7.96. The number of hydrogen-bond acceptors (Lipinski definition) is 3. The molecule has 0 saturated heterocycles. The van der Waals surface area contributed by atoms with Gasteiger partial charge in [-0.1, -0.05) is 26.5 Å². The second kappa shape index (κ2) is 5.52. The molecule has 0 spiro atoms. The van der Waals surface area contributed by atoms with Gasteiger partial charge < -0.3 is 0 Å². The zero-order valence-electron chi connectivity index (χ0n) is 6.22. The SMILES string of the molecule is CCNN(NCC)C(=O)S. The third-order valence-electron chi connectivity index (χ3n) is 0.824. The lowest BCUT2D eigenvalue weighted by atomic mass is 10.8. The zero-order valence-corrected chi connectivity index (χ0v) is 7.11. The number of amides is 1. The van der Waals surface area contributed by atoms with E-state index in [0.717, 1.165) is 0 Å². The smallest absolute Gasteiger partial charge is 0.259 e. The van der Waals surface area contributed by atoms with Gasteiger partial charge >= 0.3 is 5.24 Å². The van der Waals surface area contributed by atoms with Gasteiger partial charge in [0.25, 0.3) is 0 Å². The largest absolute Gasteiger partial charge is 0.307 e. The number of rotatable bonds is 4. The molecule has 0 aliphatic rings. The molecular formula is C5H13N3OS. The second-order valence-corrected chi connectivity index (χ2v) is 2.02. The van der Waals surface area contributed by atoms with Crippen molar-refractivity contribution >= 4 is 17.9 Å². The molecule has 0 bridgehead atoms. The zero-order chi connectivity index (χ0) is 7.98. The third-order valence-corrected chi connectivity index (χ3v) is 1.02. The summed E-state index contributed by atoms with van der Waals surface area (Å²) in [5, 5.41) is 0.923. The van der Waals surface area contributed by atoms with E-state index in [1.807, 2.05) is 13.8 Å². The number of nitrogens with zero attached hydrogens (tertiary/aromatic N) is 1. The predicted molar refractivity (Wildman–Crippen MR) is 43.6 cm³/mol. The molecular weight excluding hydrogens is 150 g/mol. The first-order valence-corrected chi connectivity index (χ1v) is 3.67. The Morgan fingerprint density at radius 2 is 1.80 bits per heavy atom. The maximum Gasteiger partial charge on any atom is 0.307 e. The summed E-state index contributed by atoms with van der Waals surface area (Å²) in [6, 6.07) is 0. The summed E-state index contributed by atoms with van der Waals surface area (Å²) in [7, 11) is 0. The first kappa shape index (κ1) is 9.74. The fourth-order valence-corrected chi connectivity index (χ4v) is 0.649. The molecule has 0 unspecified atom stereocenters. The molecule has 1 amide bonds. The van der Waals surface area contributed by atoms with Gasteiger partial charge in [0, 0.05) is 13.1 Å². The Hall–Kier alpha value is -0.260. The van der Waals surface area contributed by atoms with E-state index in [-0.39, 0.29) is 5.24 Å².